The second kappa shape index (κ2) is 5.81. The van der Waals surface area contributed by atoms with E-state index in [4.69, 9.17) is 4.74 Å². The molecule has 1 unspecified atom stereocenters. The molecule has 0 saturated carbocycles. The molecule has 1 aliphatic rings. The van der Waals surface area contributed by atoms with Crippen molar-refractivity contribution in [1.82, 2.24) is 10.3 Å². The number of thiazole rings is 1. The third-order valence-electron chi connectivity index (χ3n) is 3.37. The Labute approximate surface area is 123 Å². The number of aromatic nitrogens is 1. The smallest absolute Gasteiger partial charge is 0.146 e. The first-order valence-electron chi connectivity index (χ1n) is 6.88. The van der Waals surface area contributed by atoms with E-state index in [-0.39, 0.29) is 6.04 Å². The normalized spacial score (nSPS) is 15.1. The number of hydrogen-bond donors (Lipinski definition) is 2. The highest BCUT2D eigenvalue weighted by Crippen LogP contribution is 2.31. The first kappa shape index (κ1) is 13.4. The van der Waals surface area contributed by atoms with Gasteiger partial charge in [0.15, 0.2) is 0 Å². The summed E-state index contributed by atoms with van der Waals surface area (Å²) in [6, 6.07) is 6.49. The maximum Gasteiger partial charge on any atom is 0.146 e. The highest BCUT2D eigenvalue weighted by molar-refractivity contribution is 7.09. The molecule has 2 aromatic rings. The van der Waals surface area contributed by atoms with Crippen LogP contribution in [0.2, 0.25) is 0 Å². The molecule has 1 aliphatic heterocycles. The van der Waals surface area contributed by atoms with Crippen molar-refractivity contribution in [3.8, 4) is 5.75 Å². The Morgan fingerprint density at radius 2 is 2.40 bits per heavy atom. The van der Waals surface area contributed by atoms with Crippen LogP contribution in [0.15, 0.2) is 23.6 Å². The first-order chi connectivity index (χ1) is 9.74. The average Bonchev–Trinajstić information content (AvgIpc) is 2.91. The van der Waals surface area contributed by atoms with Crippen molar-refractivity contribution in [1.29, 1.82) is 0 Å². The quantitative estimate of drug-likeness (QED) is 0.908. The van der Waals surface area contributed by atoms with Crippen molar-refractivity contribution in [3.05, 3.63) is 39.8 Å². The molecule has 0 spiro atoms. The minimum atomic E-state index is 0.251. The fraction of sp³-hybridized carbons (Fsp3) is 0.400. The second-order valence-corrected chi connectivity index (χ2v) is 5.89. The van der Waals surface area contributed by atoms with Gasteiger partial charge in [0.25, 0.3) is 0 Å². The van der Waals surface area contributed by atoms with Crippen molar-refractivity contribution in [2.45, 2.75) is 26.4 Å². The van der Waals surface area contributed by atoms with E-state index < -0.39 is 0 Å². The summed E-state index contributed by atoms with van der Waals surface area (Å²) in [4.78, 5) is 4.52. The number of para-hydroxylation sites is 1. The van der Waals surface area contributed by atoms with Gasteiger partial charge in [0.05, 0.1) is 11.7 Å². The Hall–Kier alpha value is -1.59. The average molecular weight is 289 g/mol. The van der Waals surface area contributed by atoms with Gasteiger partial charge in [-0.15, -0.1) is 11.3 Å². The van der Waals surface area contributed by atoms with Crippen LogP contribution in [0.5, 0.6) is 5.75 Å². The van der Waals surface area contributed by atoms with Crippen molar-refractivity contribution >= 4 is 17.0 Å². The van der Waals surface area contributed by atoms with Crippen LogP contribution in [0.3, 0.4) is 0 Å². The van der Waals surface area contributed by atoms with Gasteiger partial charge in [0.1, 0.15) is 17.4 Å². The molecule has 1 atom stereocenters. The third-order valence-corrected chi connectivity index (χ3v) is 4.51. The molecule has 0 radical (unpaired) electrons. The number of rotatable bonds is 4. The van der Waals surface area contributed by atoms with E-state index in [1.54, 1.807) is 11.3 Å². The Balaban J connectivity index is 1.69. The zero-order chi connectivity index (χ0) is 13.9. The van der Waals surface area contributed by atoms with Crippen molar-refractivity contribution in [3.63, 3.8) is 0 Å². The minimum absolute atomic E-state index is 0.251. The Bertz CT molecular complexity index is 597. The topological polar surface area (TPSA) is 46.2 Å². The van der Waals surface area contributed by atoms with Crippen LogP contribution in [0.1, 0.15) is 29.2 Å². The number of fused-ring (bicyclic) bond motifs is 1. The van der Waals surface area contributed by atoms with E-state index >= 15 is 0 Å². The predicted molar refractivity (Wildman–Crippen MR) is 82.5 cm³/mol. The standard InChI is InChI=1S/C15H19N3OS/c1-10-9-20-15(18-10)11(2)17-8-12-4-3-5-13-14(12)19-7-6-16-13/h3-5,9,11,16-17H,6-8H2,1-2H3. The molecule has 0 bridgehead atoms. The number of benzene rings is 1. The molecule has 0 saturated heterocycles. The van der Waals surface area contributed by atoms with E-state index in [0.717, 1.165) is 41.8 Å². The van der Waals surface area contributed by atoms with Gasteiger partial charge < -0.3 is 15.4 Å². The number of nitrogens with one attached hydrogen (secondary N) is 2. The largest absolute Gasteiger partial charge is 0.489 e. The summed E-state index contributed by atoms with van der Waals surface area (Å²) in [5.41, 5.74) is 3.37. The SMILES string of the molecule is Cc1csc(C(C)NCc2cccc3c2OCCN3)n1. The zero-order valence-corrected chi connectivity index (χ0v) is 12.6. The second-order valence-electron chi connectivity index (χ2n) is 5.00. The summed E-state index contributed by atoms with van der Waals surface area (Å²) < 4.78 is 5.78. The molecule has 0 aliphatic carbocycles. The summed E-state index contributed by atoms with van der Waals surface area (Å²) in [7, 11) is 0. The van der Waals surface area contributed by atoms with Crippen molar-refractivity contribution in [2.24, 2.45) is 0 Å². The molecule has 2 N–H and O–H groups in total. The molecule has 4 nitrogen and oxygen atoms in total. The monoisotopic (exact) mass is 289 g/mol. The van der Waals surface area contributed by atoms with Gasteiger partial charge in [0, 0.05) is 29.7 Å². The fourth-order valence-corrected chi connectivity index (χ4v) is 3.12. The Morgan fingerprint density at radius 3 is 3.20 bits per heavy atom. The first-order valence-corrected chi connectivity index (χ1v) is 7.76. The fourth-order valence-electron chi connectivity index (χ4n) is 2.29. The highest BCUT2D eigenvalue weighted by atomic mass is 32.1. The van der Waals surface area contributed by atoms with E-state index in [9.17, 15) is 0 Å². The van der Waals surface area contributed by atoms with E-state index in [2.05, 4.69) is 46.1 Å². The van der Waals surface area contributed by atoms with Gasteiger partial charge in [-0.1, -0.05) is 12.1 Å². The van der Waals surface area contributed by atoms with Gasteiger partial charge in [-0.2, -0.15) is 0 Å². The van der Waals surface area contributed by atoms with Gasteiger partial charge in [0.2, 0.25) is 0 Å². The number of aryl methyl sites for hydroxylation is 1. The van der Waals surface area contributed by atoms with Crippen LogP contribution in [-0.4, -0.2) is 18.1 Å². The van der Waals surface area contributed by atoms with E-state index in [0.29, 0.717) is 0 Å². The van der Waals surface area contributed by atoms with Crippen molar-refractivity contribution in [2.75, 3.05) is 18.5 Å². The van der Waals surface area contributed by atoms with Gasteiger partial charge >= 0.3 is 0 Å². The molecule has 1 aromatic carbocycles. The van der Waals surface area contributed by atoms with Crippen LogP contribution in [0.4, 0.5) is 5.69 Å². The molecule has 3 rings (SSSR count). The lowest BCUT2D eigenvalue weighted by Crippen LogP contribution is -2.22. The predicted octanol–water partition coefficient (Wildman–Crippen LogP) is 3.11. The number of ether oxygens (including phenoxy) is 1. The van der Waals surface area contributed by atoms with Crippen LogP contribution in [0.25, 0.3) is 0 Å². The maximum atomic E-state index is 5.78. The number of hydrogen-bond acceptors (Lipinski definition) is 5. The highest BCUT2D eigenvalue weighted by Gasteiger charge is 2.15. The zero-order valence-electron chi connectivity index (χ0n) is 11.8. The van der Waals surface area contributed by atoms with Crippen LogP contribution in [-0.2, 0) is 6.54 Å². The van der Waals surface area contributed by atoms with Gasteiger partial charge in [-0.25, -0.2) is 4.98 Å². The summed E-state index contributed by atoms with van der Waals surface area (Å²) in [5, 5.41) is 10.1. The van der Waals surface area contributed by atoms with Crippen LogP contribution < -0.4 is 15.4 Å². The molecule has 2 heterocycles. The Kier molecular flexibility index (Phi) is 3.89. The molecule has 106 valence electrons. The molecule has 5 heteroatoms. The molecular formula is C15H19N3OS. The number of anilines is 1. The van der Waals surface area contributed by atoms with Crippen LogP contribution >= 0.6 is 11.3 Å². The van der Waals surface area contributed by atoms with Crippen molar-refractivity contribution < 1.29 is 4.74 Å². The summed E-state index contributed by atoms with van der Waals surface area (Å²) in [6.45, 7) is 6.56. The maximum absolute atomic E-state index is 5.78. The number of nitrogens with zero attached hydrogens (tertiary/aromatic N) is 1. The molecule has 1 aromatic heterocycles. The molecular weight excluding hydrogens is 270 g/mol. The molecule has 0 amide bonds. The minimum Gasteiger partial charge on any atom is -0.489 e. The van der Waals surface area contributed by atoms with Gasteiger partial charge in [-0.05, 0) is 19.9 Å². The van der Waals surface area contributed by atoms with Gasteiger partial charge in [-0.3, -0.25) is 0 Å². The summed E-state index contributed by atoms with van der Waals surface area (Å²) >= 11 is 1.70. The van der Waals surface area contributed by atoms with E-state index in [1.165, 1.54) is 5.56 Å². The summed E-state index contributed by atoms with van der Waals surface area (Å²) in [5.74, 6) is 0.980. The molecule has 20 heavy (non-hydrogen) atoms. The lowest BCUT2D eigenvalue weighted by atomic mass is 10.1. The lowest BCUT2D eigenvalue weighted by Gasteiger charge is -2.22. The lowest BCUT2D eigenvalue weighted by molar-refractivity contribution is 0.318. The van der Waals surface area contributed by atoms with Crippen LogP contribution in [0, 0.1) is 6.92 Å². The van der Waals surface area contributed by atoms with E-state index in [1.807, 2.05) is 6.92 Å². The third kappa shape index (κ3) is 2.78. The summed E-state index contributed by atoms with van der Waals surface area (Å²) in [6.07, 6.45) is 0. The Morgan fingerprint density at radius 1 is 1.50 bits per heavy atom. The molecule has 0 fully saturated rings.